The summed E-state index contributed by atoms with van der Waals surface area (Å²) >= 11 is 0. The summed E-state index contributed by atoms with van der Waals surface area (Å²) in [5.74, 6) is -0.358. The van der Waals surface area contributed by atoms with E-state index in [0.29, 0.717) is 0 Å². The zero-order chi connectivity index (χ0) is 12.8. The van der Waals surface area contributed by atoms with E-state index in [1.165, 1.54) is 6.07 Å². The summed E-state index contributed by atoms with van der Waals surface area (Å²) in [6.45, 7) is 0. The average molecular weight is 239 g/mol. The Morgan fingerprint density at radius 3 is 2.39 bits per heavy atom. The third kappa shape index (κ3) is 2.98. The van der Waals surface area contributed by atoms with Crippen LogP contribution in [-0.2, 0) is 0 Å². The Balaban J connectivity index is 2.01. The topological polar surface area (TPSA) is 49.3 Å². The van der Waals surface area contributed by atoms with E-state index in [0.717, 1.165) is 5.56 Å². The van der Waals surface area contributed by atoms with E-state index in [2.05, 4.69) is 5.32 Å². The SMILES string of the molecule is O=C(NC=Cc1ccccc1)c1ccccc1O. The lowest BCUT2D eigenvalue weighted by Gasteiger charge is -2.02. The van der Waals surface area contributed by atoms with Gasteiger partial charge in [-0.1, -0.05) is 42.5 Å². The molecule has 0 aliphatic rings. The van der Waals surface area contributed by atoms with Crippen molar-refractivity contribution in [3.63, 3.8) is 0 Å². The molecular formula is C15H13NO2. The zero-order valence-electron chi connectivity index (χ0n) is 9.71. The summed E-state index contributed by atoms with van der Waals surface area (Å²) in [5.41, 5.74) is 1.25. The molecule has 0 fully saturated rings. The van der Waals surface area contributed by atoms with Gasteiger partial charge in [-0.25, -0.2) is 0 Å². The highest BCUT2D eigenvalue weighted by Gasteiger charge is 2.07. The largest absolute Gasteiger partial charge is 0.507 e. The van der Waals surface area contributed by atoms with Gasteiger partial charge in [0.2, 0.25) is 0 Å². The lowest BCUT2D eigenvalue weighted by molar-refractivity contribution is 0.0968. The van der Waals surface area contributed by atoms with Gasteiger partial charge in [0, 0.05) is 6.20 Å². The molecule has 0 aliphatic carbocycles. The molecule has 18 heavy (non-hydrogen) atoms. The number of carbonyl (C=O) groups excluding carboxylic acids is 1. The van der Waals surface area contributed by atoms with Crippen LogP contribution in [0.5, 0.6) is 5.75 Å². The number of rotatable bonds is 3. The molecular weight excluding hydrogens is 226 g/mol. The Bertz CT molecular complexity index is 562. The molecule has 0 spiro atoms. The van der Waals surface area contributed by atoms with Gasteiger partial charge in [-0.05, 0) is 23.8 Å². The number of para-hydroxylation sites is 1. The molecule has 0 radical (unpaired) electrons. The Hall–Kier alpha value is -2.55. The van der Waals surface area contributed by atoms with Crippen LogP contribution in [-0.4, -0.2) is 11.0 Å². The number of amides is 1. The van der Waals surface area contributed by atoms with Crippen molar-refractivity contribution in [1.82, 2.24) is 5.32 Å². The molecule has 0 atom stereocenters. The number of hydrogen-bond donors (Lipinski definition) is 2. The van der Waals surface area contributed by atoms with Gasteiger partial charge in [0.05, 0.1) is 5.56 Å². The van der Waals surface area contributed by atoms with Gasteiger partial charge in [0.15, 0.2) is 0 Å². The molecule has 0 bridgehead atoms. The van der Waals surface area contributed by atoms with Crippen molar-refractivity contribution >= 4 is 12.0 Å². The van der Waals surface area contributed by atoms with Gasteiger partial charge < -0.3 is 10.4 Å². The first kappa shape index (κ1) is 11.9. The maximum atomic E-state index is 11.7. The Morgan fingerprint density at radius 1 is 1.00 bits per heavy atom. The van der Waals surface area contributed by atoms with E-state index in [9.17, 15) is 9.90 Å². The summed E-state index contributed by atoms with van der Waals surface area (Å²) < 4.78 is 0. The summed E-state index contributed by atoms with van der Waals surface area (Å²) in [6.07, 6.45) is 3.35. The number of nitrogens with one attached hydrogen (secondary N) is 1. The molecule has 0 saturated carbocycles. The Labute approximate surface area is 105 Å². The second-order valence-corrected chi connectivity index (χ2v) is 3.73. The number of carbonyl (C=O) groups is 1. The molecule has 2 aromatic carbocycles. The highest BCUT2D eigenvalue weighted by molar-refractivity contribution is 5.97. The quantitative estimate of drug-likeness (QED) is 0.865. The van der Waals surface area contributed by atoms with Crippen molar-refractivity contribution in [2.45, 2.75) is 0 Å². The van der Waals surface area contributed by atoms with E-state index >= 15 is 0 Å². The molecule has 2 aromatic rings. The molecule has 2 rings (SSSR count). The van der Waals surface area contributed by atoms with E-state index < -0.39 is 0 Å². The first-order chi connectivity index (χ1) is 8.77. The molecule has 0 unspecified atom stereocenters. The van der Waals surface area contributed by atoms with Crippen LogP contribution in [0.4, 0.5) is 0 Å². The minimum Gasteiger partial charge on any atom is -0.507 e. The van der Waals surface area contributed by atoms with Crippen LogP contribution in [0.3, 0.4) is 0 Å². The van der Waals surface area contributed by atoms with Gasteiger partial charge in [-0.2, -0.15) is 0 Å². The van der Waals surface area contributed by atoms with Gasteiger partial charge >= 0.3 is 0 Å². The number of phenolic OH excluding ortho intramolecular Hbond substituents is 1. The first-order valence-corrected chi connectivity index (χ1v) is 5.58. The molecule has 3 nitrogen and oxygen atoms in total. The van der Waals surface area contributed by atoms with Gasteiger partial charge in [-0.15, -0.1) is 0 Å². The predicted molar refractivity (Wildman–Crippen MR) is 71.0 cm³/mol. The summed E-state index contributed by atoms with van der Waals surface area (Å²) in [7, 11) is 0. The van der Waals surface area contributed by atoms with Crippen molar-refractivity contribution in [3.05, 3.63) is 71.9 Å². The van der Waals surface area contributed by atoms with E-state index in [1.807, 2.05) is 30.3 Å². The molecule has 0 aliphatic heterocycles. The van der Waals surface area contributed by atoms with Crippen molar-refractivity contribution in [2.24, 2.45) is 0 Å². The standard InChI is InChI=1S/C15H13NO2/c17-14-9-5-4-8-13(14)15(18)16-11-10-12-6-2-1-3-7-12/h1-11,17H,(H,16,18). The fourth-order valence-electron chi connectivity index (χ4n) is 1.52. The van der Waals surface area contributed by atoms with Crippen molar-refractivity contribution in [2.75, 3.05) is 0 Å². The first-order valence-electron chi connectivity index (χ1n) is 5.58. The van der Waals surface area contributed by atoms with Crippen molar-refractivity contribution < 1.29 is 9.90 Å². The highest BCUT2D eigenvalue weighted by atomic mass is 16.3. The lowest BCUT2D eigenvalue weighted by Crippen LogP contribution is -2.16. The van der Waals surface area contributed by atoms with Gasteiger partial charge in [-0.3, -0.25) is 4.79 Å². The number of aromatic hydroxyl groups is 1. The molecule has 0 heterocycles. The summed E-state index contributed by atoms with van der Waals surface area (Å²) in [5, 5.41) is 12.1. The minimum absolute atomic E-state index is 0.0249. The third-order valence-corrected chi connectivity index (χ3v) is 2.44. The molecule has 0 saturated heterocycles. The smallest absolute Gasteiger partial charge is 0.258 e. The fraction of sp³-hybridized carbons (Fsp3) is 0. The van der Waals surface area contributed by atoms with Crippen LogP contribution in [0.2, 0.25) is 0 Å². The lowest BCUT2D eigenvalue weighted by atomic mass is 10.2. The van der Waals surface area contributed by atoms with Crippen LogP contribution in [0, 0.1) is 0 Å². The maximum Gasteiger partial charge on any atom is 0.258 e. The molecule has 0 aromatic heterocycles. The number of phenols is 1. The third-order valence-electron chi connectivity index (χ3n) is 2.44. The van der Waals surface area contributed by atoms with Gasteiger partial charge in [0.1, 0.15) is 5.75 Å². The van der Waals surface area contributed by atoms with Crippen molar-refractivity contribution in [1.29, 1.82) is 0 Å². The van der Waals surface area contributed by atoms with Crippen molar-refractivity contribution in [3.8, 4) is 5.75 Å². The Kier molecular flexibility index (Phi) is 3.76. The number of benzene rings is 2. The van der Waals surface area contributed by atoms with E-state index in [4.69, 9.17) is 0 Å². The van der Waals surface area contributed by atoms with E-state index in [1.54, 1.807) is 30.5 Å². The van der Waals surface area contributed by atoms with Crippen LogP contribution < -0.4 is 5.32 Å². The Morgan fingerprint density at radius 2 is 1.67 bits per heavy atom. The number of hydrogen-bond acceptors (Lipinski definition) is 2. The molecule has 1 amide bonds. The average Bonchev–Trinajstić information content (AvgIpc) is 2.40. The predicted octanol–water partition coefficient (Wildman–Crippen LogP) is 2.79. The van der Waals surface area contributed by atoms with E-state index in [-0.39, 0.29) is 17.2 Å². The summed E-state index contributed by atoms with van der Waals surface area (Å²) in [6, 6.07) is 16.1. The molecule has 2 N–H and O–H groups in total. The normalized spacial score (nSPS) is 10.4. The second-order valence-electron chi connectivity index (χ2n) is 3.73. The van der Waals surface area contributed by atoms with Crippen LogP contribution in [0.25, 0.3) is 6.08 Å². The second kappa shape index (κ2) is 5.68. The molecule has 90 valence electrons. The monoisotopic (exact) mass is 239 g/mol. The van der Waals surface area contributed by atoms with Crippen LogP contribution >= 0.6 is 0 Å². The van der Waals surface area contributed by atoms with Crippen LogP contribution in [0.15, 0.2) is 60.8 Å². The molecule has 3 heteroatoms. The zero-order valence-corrected chi connectivity index (χ0v) is 9.71. The minimum atomic E-state index is -0.333. The maximum absolute atomic E-state index is 11.7. The van der Waals surface area contributed by atoms with Gasteiger partial charge in [0.25, 0.3) is 5.91 Å². The fourth-order valence-corrected chi connectivity index (χ4v) is 1.52. The summed E-state index contributed by atoms with van der Waals surface area (Å²) in [4.78, 5) is 11.7. The van der Waals surface area contributed by atoms with Crippen LogP contribution in [0.1, 0.15) is 15.9 Å². The highest BCUT2D eigenvalue weighted by Crippen LogP contribution is 2.14.